The predicted octanol–water partition coefficient (Wildman–Crippen LogP) is 6.87. The third-order valence-electron chi connectivity index (χ3n) is 5.81. The van der Waals surface area contributed by atoms with E-state index in [0.29, 0.717) is 27.0 Å². The minimum Gasteiger partial charge on any atom is -0.487 e. The molecule has 0 unspecified atom stereocenters. The average molecular weight is 569 g/mol. The number of benzene rings is 3. The van der Waals surface area contributed by atoms with Gasteiger partial charge in [-0.05, 0) is 55.0 Å². The number of hydrogen-bond donors (Lipinski definition) is 1. The molecule has 194 valence electrons. The van der Waals surface area contributed by atoms with Crippen molar-refractivity contribution in [3.63, 3.8) is 0 Å². The summed E-state index contributed by atoms with van der Waals surface area (Å²) in [5, 5.41) is 4.84. The zero-order chi connectivity index (χ0) is 27.2. The van der Waals surface area contributed by atoms with Crippen molar-refractivity contribution in [2.24, 2.45) is 0 Å². The van der Waals surface area contributed by atoms with Crippen LogP contribution in [-0.2, 0) is 16.2 Å². The van der Waals surface area contributed by atoms with Gasteiger partial charge in [-0.1, -0.05) is 65.1 Å². The number of amides is 2. The molecule has 1 N–H and O–H groups in total. The normalized spacial score (nSPS) is 11.1. The summed E-state index contributed by atoms with van der Waals surface area (Å²) in [6, 6.07) is 19.9. The quantitative estimate of drug-likeness (QED) is 0.235. The van der Waals surface area contributed by atoms with Crippen molar-refractivity contribution in [3.05, 3.63) is 105 Å². The van der Waals surface area contributed by atoms with Gasteiger partial charge in [-0.15, -0.1) is 0 Å². The fourth-order valence-corrected chi connectivity index (χ4v) is 4.41. The number of para-hydroxylation sites is 1. The van der Waals surface area contributed by atoms with Crippen molar-refractivity contribution in [1.29, 1.82) is 0 Å². The molecule has 1 aromatic heterocycles. The lowest BCUT2D eigenvalue weighted by Crippen LogP contribution is -2.37. The van der Waals surface area contributed by atoms with Gasteiger partial charge >= 0.3 is 0 Å². The van der Waals surface area contributed by atoms with Crippen molar-refractivity contribution in [1.82, 2.24) is 10.3 Å². The first-order valence-electron chi connectivity index (χ1n) is 11.7. The van der Waals surface area contributed by atoms with Crippen LogP contribution in [0, 0.1) is 6.92 Å². The van der Waals surface area contributed by atoms with E-state index < -0.39 is 5.91 Å². The molecule has 0 aliphatic heterocycles. The van der Waals surface area contributed by atoms with E-state index in [2.05, 4.69) is 10.3 Å². The lowest BCUT2D eigenvalue weighted by molar-refractivity contribution is -0.122. The number of carbonyl (C=O) groups is 2. The summed E-state index contributed by atoms with van der Waals surface area (Å²) in [6.45, 7) is 1.78. The maximum Gasteiger partial charge on any atom is 0.246 e. The second kappa shape index (κ2) is 12.3. The molecule has 38 heavy (non-hydrogen) atoms. The molecule has 4 rings (SSSR count). The molecular weight excluding hydrogens is 545 g/mol. The number of halogens is 3. The Kier molecular flexibility index (Phi) is 8.89. The summed E-state index contributed by atoms with van der Waals surface area (Å²) in [5.74, 6) is -0.164. The van der Waals surface area contributed by atoms with Gasteiger partial charge in [0, 0.05) is 39.8 Å². The molecule has 3 aromatic carbocycles. The fraction of sp³-hybridized carbons (Fsp3) is 0.138. The number of carbonyl (C=O) groups excluding carboxylic acids is 2. The van der Waals surface area contributed by atoms with Gasteiger partial charge in [-0.2, -0.15) is 0 Å². The van der Waals surface area contributed by atoms with Gasteiger partial charge in [-0.3, -0.25) is 9.59 Å². The summed E-state index contributed by atoms with van der Waals surface area (Å²) >= 11 is 19.0. The number of aromatic nitrogens is 1. The summed E-state index contributed by atoms with van der Waals surface area (Å²) in [4.78, 5) is 30.9. The lowest BCUT2D eigenvalue weighted by atomic mass is 10.1. The number of likely N-dealkylation sites (N-methyl/N-ethyl adjacent to an activating group) is 1. The molecular formula is C29H24Cl3N3O3. The van der Waals surface area contributed by atoms with Crippen LogP contribution in [0.3, 0.4) is 0 Å². The number of anilines is 1. The minimum atomic E-state index is -0.406. The molecule has 0 fully saturated rings. The molecule has 0 saturated heterocycles. The molecule has 2 amide bonds. The highest BCUT2D eigenvalue weighted by Crippen LogP contribution is 2.35. The highest BCUT2D eigenvalue weighted by molar-refractivity contribution is 6.38. The first-order valence-corrected chi connectivity index (χ1v) is 12.8. The van der Waals surface area contributed by atoms with Gasteiger partial charge in [0.15, 0.2) is 0 Å². The molecule has 0 radical (unpaired) electrons. The fourth-order valence-electron chi connectivity index (χ4n) is 3.68. The summed E-state index contributed by atoms with van der Waals surface area (Å²) in [6.07, 6.45) is 2.99. The van der Waals surface area contributed by atoms with E-state index in [4.69, 9.17) is 39.5 Å². The number of nitrogens with zero attached hydrogens (tertiary/aromatic N) is 2. The third kappa shape index (κ3) is 6.64. The standard InChI is InChI=1S/C29H24Cl3N3O3/c1-18-6-10-20-4-3-5-25(29(20)34-18)38-17-22-23(31)13-14-24(28(22)32)35(2)27(37)16-33-26(36)15-9-19-7-11-21(30)12-8-19/h3-15H,16-17H2,1-2H3,(H,33,36)/b15-9+. The van der Waals surface area contributed by atoms with Crippen molar-refractivity contribution in [3.8, 4) is 5.75 Å². The average Bonchev–Trinajstić information content (AvgIpc) is 2.91. The van der Waals surface area contributed by atoms with E-state index in [-0.39, 0.29) is 24.1 Å². The van der Waals surface area contributed by atoms with Crippen molar-refractivity contribution in [2.75, 3.05) is 18.5 Å². The molecule has 0 bridgehead atoms. The first-order chi connectivity index (χ1) is 18.2. The monoisotopic (exact) mass is 567 g/mol. The largest absolute Gasteiger partial charge is 0.487 e. The number of aryl methyl sites for hydroxylation is 1. The number of nitrogens with one attached hydrogen (secondary N) is 1. The second-order valence-corrected chi connectivity index (χ2v) is 9.71. The number of hydrogen-bond acceptors (Lipinski definition) is 4. The molecule has 6 nitrogen and oxygen atoms in total. The molecule has 4 aromatic rings. The van der Waals surface area contributed by atoms with Gasteiger partial charge in [0.1, 0.15) is 17.9 Å². The Morgan fingerprint density at radius 3 is 2.53 bits per heavy atom. The Morgan fingerprint density at radius 2 is 1.76 bits per heavy atom. The van der Waals surface area contributed by atoms with E-state index in [1.807, 2.05) is 37.3 Å². The van der Waals surface area contributed by atoms with Crippen LogP contribution in [0.4, 0.5) is 5.69 Å². The zero-order valence-electron chi connectivity index (χ0n) is 20.7. The Balaban J connectivity index is 1.42. The van der Waals surface area contributed by atoms with E-state index >= 15 is 0 Å². The Bertz CT molecular complexity index is 1520. The van der Waals surface area contributed by atoms with E-state index in [9.17, 15) is 9.59 Å². The van der Waals surface area contributed by atoms with E-state index in [1.165, 1.54) is 11.0 Å². The molecule has 9 heteroatoms. The van der Waals surface area contributed by atoms with Gasteiger partial charge in [0.25, 0.3) is 0 Å². The molecule has 0 saturated carbocycles. The van der Waals surface area contributed by atoms with Crippen LogP contribution in [0.1, 0.15) is 16.8 Å². The number of pyridine rings is 1. The predicted molar refractivity (Wildman–Crippen MR) is 154 cm³/mol. The van der Waals surface area contributed by atoms with Gasteiger partial charge in [0.2, 0.25) is 11.8 Å². The maximum atomic E-state index is 12.8. The van der Waals surface area contributed by atoms with Crippen LogP contribution in [0.5, 0.6) is 5.75 Å². The van der Waals surface area contributed by atoms with Crippen LogP contribution in [0.15, 0.2) is 72.8 Å². The number of fused-ring (bicyclic) bond motifs is 1. The highest BCUT2D eigenvalue weighted by Gasteiger charge is 2.19. The summed E-state index contributed by atoms with van der Waals surface area (Å²) in [7, 11) is 1.58. The Morgan fingerprint density at radius 1 is 1.00 bits per heavy atom. The minimum absolute atomic E-state index is 0.0779. The summed E-state index contributed by atoms with van der Waals surface area (Å²) < 4.78 is 6.06. The highest BCUT2D eigenvalue weighted by atomic mass is 35.5. The number of rotatable bonds is 8. The smallest absolute Gasteiger partial charge is 0.246 e. The van der Waals surface area contributed by atoms with Gasteiger partial charge < -0.3 is 15.0 Å². The van der Waals surface area contributed by atoms with Gasteiger partial charge in [-0.25, -0.2) is 4.98 Å². The Hall–Kier alpha value is -3.58. The summed E-state index contributed by atoms with van der Waals surface area (Å²) in [5.41, 5.74) is 3.40. The van der Waals surface area contributed by atoms with Crippen molar-refractivity contribution in [2.45, 2.75) is 13.5 Å². The van der Waals surface area contributed by atoms with E-state index in [1.54, 1.807) is 49.5 Å². The van der Waals surface area contributed by atoms with Crippen molar-refractivity contribution >= 4 is 69.3 Å². The molecule has 1 heterocycles. The lowest BCUT2D eigenvalue weighted by Gasteiger charge is -2.21. The topological polar surface area (TPSA) is 71.5 Å². The SMILES string of the molecule is Cc1ccc2cccc(OCc3c(Cl)ccc(N(C)C(=O)CNC(=O)/C=C/c4ccc(Cl)cc4)c3Cl)c2n1. The van der Waals surface area contributed by atoms with Crippen molar-refractivity contribution < 1.29 is 14.3 Å². The van der Waals surface area contributed by atoms with Gasteiger partial charge in [0.05, 0.1) is 17.3 Å². The zero-order valence-corrected chi connectivity index (χ0v) is 22.9. The first kappa shape index (κ1) is 27.5. The third-order valence-corrected chi connectivity index (χ3v) is 6.83. The molecule has 0 spiro atoms. The van der Waals surface area contributed by atoms with Crippen LogP contribution in [0.25, 0.3) is 17.0 Å². The molecule has 0 aliphatic carbocycles. The number of ether oxygens (including phenoxy) is 1. The van der Waals surface area contributed by atoms with Crippen LogP contribution >= 0.6 is 34.8 Å². The Labute approximate surface area is 235 Å². The van der Waals surface area contributed by atoms with Crippen LogP contribution in [-0.4, -0.2) is 30.4 Å². The van der Waals surface area contributed by atoms with Crippen LogP contribution in [0.2, 0.25) is 15.1 Å². The maximum absolute atomic E-state index is 12.8. The van der Waals surface area contributed by atoms with Crippen LogP contribution < -0.4 is 15.0 Å². The van der Waals surface area contributed by atoms with E-state index in [0.717, 1.165) is 22.2 Å². The second-order valence-electron chi connectivity index (χ2n) is 8.48. The molecule has 0 atom stereocenters. The molecule has 0 aliphatic rings.